The minimum Gasteiger partial charge on any atom is -0.0622 e. The van der Waals surface area contributed by atoms with Gasteiger partial charge in [0.1, 0.15) is 0 Å². The first-order chi connectivity index (χ1) is 26.8. The van der Waals surface area contributed by atoms with Crippen LogP contribution in [0.15, 0.2) is 206 Å². The fraction of sp³-hybridized carbons (Fsp3) is 0. The van der Waals surface area contributed by atoms with Crippen molar-refractivity contribution in [1.82, 2.24) is 0 Å². The van der Waals surface area contributed by atoms with Gasteiger partial charge in [-0.1, -0.05) is 170 Å². The van der Waals surface area contributed by atoms with Crippen LogP contribution in [0, 0.1) is 0 Å². The molecule has 0 bridgehead atoms. The summed E-state index contributed by atoms with van der Waals surface area (Å²) in [7, 11) is 0. The minimum atomic E-state index is 1.21. The topological polar surface area (TPSA) is 0 Å². The van der Waals surface area contributed by atoms with Gasteiger partial charge in [-0.15, -0.1) is 0 Å². The predicted molar refractivity (Wildman–Crippen MR) is 233 cm³/mol. The van der Waals surface area contributed by atoms with Crippen LogP contribution in [-0.4, -0.2) is 0 Å². The Morgan fingerprint density at radius 3 is 1.44 bits per heavy atom. The van der Waals surface area contributed by atoms with Crippen LogP contribution < -0.4 is 0 Å². The highest BCUT2D eigenvalue weighted by molar-refractivity contribution is 6.19. The van der Waals surface area contributed by atoms with Gasteiger partial charge in [0.15, 0.2) is 0 Å². The zero-order chi connectivity index (χ0) is 35.6. The molecule has 0 fully saturated rings. The van der Waals surface area contributed by atoms with Crippen LogP contribution in [0.1, 0.15) is 0 Å². The van der Waals surface area contributed by atoms with Crippen LogP contribution in [0.2, 0.25) is 0 Å². The lowest BCUT2D eigenvalue weighted by Gasteiger charge is -2.17. The molecule has 0 N–H and O–H groups in total. The van der Waals surface area contributed by atoms with E-state index < -0.39 is 0 Å². The van der Waals surface area contributed by atoms with Gasteiger partial charge in [-0.2, -0.15) is 0 Å². The molecule has 0 spiro atoms. The molecule has 0 aliphatic carbocycles. The Morgan fingerprint density at radius 1 is 0.167 bits per heavy atom. The van der Waals surface area contributed by atoms with Gasteiger partial charge in [0, 0.05) is 0 Å². The monoisotopic (exact) mass is 682 g/mol. The van der Waals surface area contributed by atoms with E-state index in [-0.39, 0.29) is 0 Å². The summed E-state index contributed by atoms with van der Waals surface area (Å²) in [6.45, 7) is 0. The van der Waals surface area contributed by atoms with Crippen LogP contribution >= 0.6 is 0 Å². The van der Waals surface area contributed by atoms with Crippen molar-refractivity contribution in [1.29, 1.82) is 0 Å². The molecule has 250 valence electrons. The molecular formula is C54H34. The third kappa shape index (κ3) is 4.92. The number of benzene rings is 11. The third-order valence-corrected chi connectivity index (χ3v) is 11.4. The second kappa shape index (κ2) is 12.3. The summed E-state index contributed by atoms with van der Waals surface area (Å²) in [6, 6.07) is 76.3. The summed E-state index contributed by atoms with van der Waals surface area (Å²) < 4.78 is 0. The van der Waals surface area contributed by atoms with Crippen LogP contribution in [-0.2, 0) is 0 Å². The van der Waals surface area contributed by atoms with Crippen LogP contribution in [0.4, 0.5) is 0 Å². The van der Waals surface area contributed by atoms with Gasteiger partial charge in [-0.3, -0.25) is 0 Å². The average molecular weight is 683 g/mol. The zero-order valence-electron chi connectivity index (χ0n) is 29.6. The largest absolute Gasteiger partial charge is 0.0622 e. The highest BCUT2D eigenvalue weighted by atomic mass is 14.2. The van der Waals surface area contributed by atoms with Gasteiger partial charge in [0.25, 0.3) is 0 Å². The molecule has 11 aromatic carbocycles. The van der Waals surface area contributed by atoms with E-state index in [2.05, 4.69) is 206 Å². The average Bonchev–Trinajstić information content (AvgIpc) is 3.25. The summed E-state index contributed by atoms with van der Waals surface area (Å²) >= 11 is 0. The first-order valence-electron chi connectivity index (χ1n) is 18.7. The molecule has 11 aromatic rings. The predicted octanol–water partition coefficient (Wildman–Crippen LogP) is 15.3. The molecule has 0 heteroatoms. The quantitative estimate of drug-likeness (QED) is 0.162. The van der Waals surface area contributed by atoms with Gasteiger partial charge in [-0.05, 0) is 146 Å². The molecule has 0 aliphatic rings. The van der Waals surface area contributed by atoms with Crippen LogP contribution in [0.5, 0.6) is 0 Å². The van der Waals surface area contributed by atoms with Crippen molar-refractivity contribution in [2.45, 2.75) is 0 Å². The highest BCUT2D eigenvalue weighted by Gasteiger charge is 2.17. The van der Waals surface area contributed by atoms with Crippen LogP contribution in [0.25, 0.3) is 109 Å². The molecule has 0 radical (unpaired) electrons. The Hall–Kier alpha value is -7.02. The number of rotatable bonds is 4. The molecule has 11 rings (SSSR count). The maximum atomic E-state index is 2.44. The van der Waals surface area contributed by atoms with Crippen molar-refractivity contribution in [2.24, 2.45) is 0 Å². The van der Waals surface area contributed by atoms with Crippen molar-refractivity contribution < 1.29 is 0 Å². The van der Waals surface area contributed by atoms with Crippen molar-refractivity contribution in [3.63, 3.8) is 0 Å². The highest BCUT2D eigenvalue weighted by Crippen LogP contribution is 2.44. The Kier molecular flexibility index (Phi) is 6.97. The summed E-state index contributed by atoms with van der Waals surface area (Å²) in [4.78, 5) is 0. The smallest absolute Gasteiger partial charge is 0.00926 e. The normalized spacial score (nSPS) is 11.7. The van der Waals surface area contributed by atoms with Gasteiger partial charge >= 0.3 is 0 Å². The van der Waals surface area contributed by atoms with Gasteiger partial charge in [-0.25, -0.2) is 0 Å². The molecule has 0 saturated heterocycles. The maximum Gasteiger partial charge on any atom is -0.00926 e. The lowest BCUT2D eigenvalue weighted by Crippen LogP contribution is -1.91. The molecule has 0 atom stereocenters. The molecule has 0 saturated carbocycles. The number of fused-ring (bicyclic) bond motifs is 8. The Labute approximate surface area is 314 Å². The number of hydrogen-bond donors (Lipinski definition) is 0. The van der Waals surface area contributed by atoms with E-state index in [1.165, 1.54) is 109 Å². The van der Waals surface area contributed by atoms with E-state index in [4.69, 9.17) is 0 Å². The summed E-state index contributed by atoms with van der Waals surface area (Å²) in [5.41, 5.74) is 9.91. The van der Waals surface area contributed by atoms with E-state index in [0.717, 1.165) is 0 Å². The fourth-order valence-corrected chi connectivity index (χ4v) is 8.81. The molecular weight excluding hydrogens is 649 g/mol. The van der Waals surface area contributed by atoms with Crippen molar-refractivity contribution in [2.75, 3.05) is 0 Å². The van der Waals surface area contributed by atoms with Gasteiger partial charge in [0.05, 0.1) is 0 Å². The molecule has 54 heavy (non-hydrogen) atoms. The molecule has 0 amide bonds. The molecule has 0 nitrogen and oxygen atoms in total. The third-order valence-electron chi connectivity index (χ3n) is 11.4. The van der Waals surface area contributed by atoms with E-state index in [1.54, 1.807) is 0 Å². The lowest BCUT2D eigenvalue weighted by atomic mass is 9.86. The summed E-state index contributed by atoms with van der Waals surface area (Å²) in [5, 5.41) is 15.1. The molecule has 0 unspecified atom stereocenters. The molecule has 0 heterocycles. The SMILES string of the molecule is c1ccc(-c2cc3ccccc3cc2-c2ccc3c(c2)c(-c2cccc4ccccc24)cc2cc(-c4cc5ccccc5c5ccccc45)ccc23)cc1. The minimum absolute atomic E-state index is 1.21. The van der Waals surface area contributed by atoms with Gasteiger partial charge in [0.2, 0.25) is 0 Å². The van der Waals surface area contributed by atoms with Crippen molar-refractivity contribution in [3.05, 3.63) is 206 Å². The second-order valence-electron chi connectivity index (χ2n) is 14.4. The summed E-state index contributed by atoms with van der Waals surface area (Å²) in [5.74, 6) is 0. The standard InChI is InChI=1S/C54H34/c1-2-13-36(14-3-1)50-30-37-16-4-5-17-38(37)31-52(50)41-26-28-49-45-27-25-40(51-32-39-18-7-9-21-44(39)46-22-10-11-23-48(46)51)29-42(45)34-54(53(49)33-41)47-24-12-19-35-15-6-8-20-43(35)47/h1-34H. The van der Waals surface area contributed by atoms with Gasteiger partial charge < -0.3 is 0 Å². The Bertz CT molecular complexity index is 3250. The first kappa shape index (κ1) is 30.6. The van der Waals surface area contributed by atoms with Crippen molar-refractivity contribution >= 4 is 64.6 Å². The first-order valence-corrected chi connectivity index (χ1v) is 18.7. The Morgan fingerprint density at radius 2 is 0.667 bits per heavy atom. The molecule has 0 aliphatic heterocycles. The molecule has 0 aromatic heterocycles. The van der Waals surface area contributed by atoms with E-state index >= 15 is 0 Å². The fourth-order valence-electron chi connectivity index (χ4n) is 8.81. The van der Waals surface area contributed by atoms with Crippen molar-refractivity contribution in [3.8, 4) is 44.5 Å². The van der Waals surface area contributed by atoms with Crippen LogP contribution in [0.3, 0.4) is 0 Å². The Balaban J connectivity index is 1.20. The second-order valence-corrected chi connectivity index (χ2v) is 14.4. The van der Waals surface area contributed by atoms with E-state index in [1.807, 2.05) is 0 Å². The zero-order valence-corrected chi connectivity index (χ0v) is 29.6. The summed E-state index contributed by atoms with van der Waals surface area (Å²) in [6.07, 6.45) is 0. The van der Waals surface area contributed by atoms with E-state index in [0.29, 0.717) is 0 Å². The number of hydrogen-bond acceptors (Lipinski definition) is 0. The van der Waals surface area contributed by atoms with E-state index in [9.17, 15) is 0 Å². The lowest BCUT2D eigenvalue weighted by molar-refractivity contribution is 1.62. The maximum absolute atomic E-state index is 2.44.